The number of imidazole rings is 1. The summed E-state index contributed by atoms with van der Waals surface area (Å²) in [5, 5.41) is 2.92. The van der Waals surface area contributed by atoms with Crippen LogP contribution in [0.25, 0.3) is 0 Å². The van der Waals surface area contributed by atoms with Crippen LogP contribution in [0.3, 0.4) is 0 Å². The molecule has 0 aliphatic heterocycles. The molecule has 20 heavy (non-hydrogen) atoms. The molecule has 2 aliphatic carbocycles. The van der Waals surface area contributed by atoms with Crippen LogP contribution >= 0.6 is 0 Å². The zero-order chi connectivity index (χ0) is 13.8. The summed E-state index contributed by atoms with van der Waals surface area (Å²) in [6.07, 6.45) is 11.9. The summed E-state index contributed by atoms with van der Waals surface area (Å²) in [4.78, 5) is 18.8. The molecule has 3 rings (SSSR count). The Labute approximate surface area is 119 Å². The molecule has 1 aromatic rings. The minimum atomic E-state index is -0.271. The van der Waals surface area contributed by atoms with Crippen molar-refractivity contribution in [2.45, 2.75) is 56.9 Å². The van der Waals surface area contributed by atoms with Gasteiger partial charge >= 0.3 is 6.09 Å². The van der Waals surface area contributed by atoms with Gasteiger partial charge in [-0.05, 0) is 18.8 Å². The SMILES string of the molecule is O=C(N[C@@H]1C[C@H]1c1cnc[nH]1)OCCC1CCCCC1. The summed E-state index contributed by atoms with van der Waals surface area (Å²) in [6, 6.07) is 0.206. The van der Waals surface area contributed by atoms with Gasteiger partial charge in [0, 0.05) is 23.9 Å². The van der Waals surface area contributed by atoms with Crippen LogP contribution in [-0.2, 0) is 4.74 Å². The van der Waals surface area contributed by atoms with Gasteiger partial charge in [-0.1, -0.05) is 32.1 Å². The molecule has 110 valence electrons. The van der Waals surface area contributed by atoms with E-state index < -0.39 is 0 Å². The van der Waals surface area contributed by atoms with Crippen LogP contribution in [0.2, 0.25) is 0 Å². The highest BCUT2D eigenvalue weighted by atomic mass is 16.5. The number of alkyl carbamates (subject to hydrolysis) is 1. The Morgan fingerprint density at radius 3 is 3.00 bits per heavy atom. The lowest BCUT2D eigenvalue weighted by atomic mass is 9.87. The predicted molar refractivity (Wildman–Crippen MR) is 75.4 cm³/mol. The lowest BCUT2D eigenvalue weighted by molar-refractivity contribution is 0.134. The molecule has 1 heterocycles. The topological polar surface area (TPSA) is 67.0 Å². The molecule has 0 unspecified atom stereocenters. The Kier molecular flexibility index (Phi) is 4.23. The van der Waals surface area contributed by atoms with E-state index in [-0.39, 0.29) is 12.1 Å². The zero-order valence-electron chi connectivity index (χ0n) is 11.8. The number of hydrogen-bond donors (Lipinski definition) is 2. The number of nitrogens with zero attached hydrogens (tertiary/aromatic N) is 1. The van der Waals surface area contributed by atoms with Crippen molar-refractivity contribution in [2.24, 2.45) is 5.92 Å². The summed E-state index contributed by atoms with van der Waals surface area (Å²) in [5.41, 5.74) is 1.09. The van der Waals surface area contributed by atoms with E-state index in [0.29, 0.717) is 12.5 Å². The molecule has 2 aliphatic rings. The van der Waals surface area contributed by atoms with Crippen molar-refractivity contribution in [3.05, 3.63) is 18.2 Å². The molecule has 0 aromatic carbocycles. The van der Waals surface area contributed by atoms with E-state index >= 15 is 0 Å². The van der Waals surface area contributed by atoms with Crippen molar-refractivity contribution < 1.29 is 9.53 Å². The van der Waals surface area contributed by atoms with Crippen LogP contribution in [-0.4, -0.2) is 28.7 Å². The van der Waals surface area contributed by atoms with Gasteiger partial charge < -0.3 is 15.0 Å². The van der Waals surface area contributed by atoms with Crippen LogP contribution in [0, 0.1) is 5.92 Å². The van der Waals surface area contributed by atoms with Crippen LogP contribution < -0.4 is 5.32 Å². The third-order valence-electron chi connectivity index (χ3n) is 4.50. The number of nitrogens with one attached hydrogen (secondary N) is 2. The van der Waals surface area contributed by atoms with Gasteiger partial charge in [-0.3, -0.25) is 0 Å². The smallest absolute Gasteiger partial charge is 0.407 e. The second kappa shape index (κ2) is 6.29. The molecule has 0 radical (unpaired) electrons. The second-order valence-corrected chi connectivity index (χ2v) is 6.03. The first kappa shape index (κ1) is 13.5. The largest absolute Gasteiger partial charge is 0.450 e. The van der Waals surface area contributed by atoms with Crippen molar-refractivity contribution >= 4 is 6.09 Å². The fraction of sp³-hybridized carbons (Fsp3) is 0.733. The third kappa shape index (κ3) is 3.52. The van der Waals surface area contributed by atoms with Gasteiger partial charge in [-0.15, -0.1) is 0 Å². The summed E-state index contributed by atoms with van der Waals surface area (Å²) in [7, 11) is 0. The highest BCUT2D eigenvalue weighted by Crippen LogP contribution is 2.39. The molecule has 1 amide bonds. The molecule has 2 saturated carbocycles. The Morgan fingerprint density at radius 2 is 2.25 bits per heavy atom. The molecule has 0 saturated heterocycles. The fourth-order valence-electron chi connectivity index (χ4n) is 3.15. The Balaban J connectivity index is 1.30. The minimum absolute atomic E-state index is 0.206. The van der Waals surface area contributed by atoms with Gasteiger partial charge in [0.25, 0.3) is 0 Å². The van der Waals surface area contributed by atoms with Crippen LogP contribution in [0.1, 0.15) is 56.6 Å². The zero-order valence-corrected chi connectivity index (χ0v) is 11.8. The third-order valence-corrected chi connectivity index (χ3v) is 4.50. The average molecular weight is 277 g/mol. The minimum Gasteiger partial charge on any atom is -0.450 e. The molecule has 0 spiro atoms. The molecule has 0 bridgehead atoms. The first-order chi connectivity index (χ1) is 9.83. The van der Waals surface area contributed by atoms with Crippen LogP contribution in [0.4, 0.5) is 4.79 Å². The highest BCUT2D eigenvalue weighted by molar-refractivity contribution is 5.68. The van der Waals surface area contributed by atoms with Crippen LogP contribution in [0.5, 0.6) is 0 Å². The number of carbonyl (C=O) groups is 1. The number of carbonyl (C=O) groups excluding carboxylic acids is 1. The van der Waals surface area contributed by atoms with E-state index in [2.05, 4.69) is 15.3 Å². The number of aromatic amines is 1. The predicted octanol–water partition coefficient (Wildman–Crippen LogP) is 2.96. The van der Waals surface area contributed by atoms with E-state index in [4.69, 9.17) is 4.74 Å². The molecular weight excluding hydrogens is 254 g/mol. The molecule has 2 N–H and O–H groups in total. The van der Waals surface area contributed by atoms with E-state index in [0.717, 1.165) is 24.5 Å². The summed E-state index contributed by atoms with van der Waals surface area (Å²) in [5.74, 6) is 1.14. The Morgan fingerprint density at radius 1 is 1.40 bits per heavy atom. The standard InChI is InChI=1S/C15H23N3O2/c19-15(20-7-6-11-4-2-1-3-5-11)18-13-8-12(13)14-9-16-10-17-14/h9-13H,1-8H2,(H,16,17)(H,18,19)/t12-,13-/m1/s1. The van der Waals surface area contributed by atoms with Crippen molar-refractivity contribution in [3.8, 4) is 0 Å². The number of hydrogen-bond acceptors (Lipinski definition) is 3. The van der Waals surface area contributed by atoms with E-state index in [1.807, 2.05) is 6.20 Å². The van der Waals surface area contributed by atoms with Gasteiger partial charge in [0.1, 0.15) is 0 Å². The quantitative estimate of drug-likeness (QED) is 0.869. The maximum atomic E-state index is 11.7. The van der Waals surface area contributed by atoms with Gasteiger partial charge in [0.15, 0.2) is 0 Å². The number of rotatable bonds is 5. The normalized spacial score (nSPS) is 26.2. The van der Waals surface area contributed by atoms with Crippen molar-refractivity contribution in [2.75, 3.05) is 6.61 Å². The molecule has 1 aromatic heterocycles. The van der Waals surface area contributed by atoms with E-state index in [1.165, 1.54) is 32.1 Å². The molecule has 2 fully saturated rings. The monoisotopic (exact) mass is 277 g/mol. The maximum Gasteiger partial charge on any atom is 0.407 e. The van der Waals surface area contributed by atoms with Gasteiger partial charge in [0.05, 0.1) is 12.9 Å². The maximum absolute atomic E-state index is 11.7. The Bertz CT molecular complexity index is 426. The Hall–Kier alpha value is -1.52. The summed E-state index contributed by atoms with van der Waals surface area (Å²) >= 11 is 0. The second-order valence-electron chi connectivity index (χ2n) is 6.03. The summed E-state index contributed by atoms with van der Waals surface area (Å²) < 4.78 is 5.29. The van der Waals surface area contributed by atoms with Gasteiger partial charge in [-0.2, -0.15) is 0 Å². The lowest BCUT2D eigenvalue weighted by Gasteiger charge is -2.21. The number of aromatic nitrogens is 2. The number of H-pyrrole nitrogens is 1. The first-order valence-corrected chi connectivity index (χ1v) is 7.74. The van der Waals surface area contributed by atoms with E-state index in [1.54, 1.807) is 6.33 Å². The first-order valence-electron chi connectivity index (χ1n) is 7.74. The number of amides is 1. The molecular formula is C15H23N3O2. The van der Waals surface area contributed by atoms with E-state index in [9.17, 15) is 4.79 Å². The average Bonchev–Trinajstić information content (AvgIpc) is 3.01. The van der Waals surface area contributed by atoms with Gasteiger partial charge in [-0.25, -0.2) is 9.78 Å². The van der Waals surface area contributed by atoms with Gasteiger partial charge in [0.2, 0.25) is 0 Å². The summed E-state index contributed by atoms with van der Waals surface area (Å²) in [6.45, 7) is 0.554. The molecule has 5 heteroatoms. The molecule has 2 atom stereocenters. The van der Waals surface area contributed by atoms with Crippen LogP contribution in [0.15, 0.2) is 12.5 Å². The molecule has 5 nitrogen and oxygen atoms in total. The van der Waals surface area contributed by atoms with Crippen molar-refractivity contribution in [3.63, 3.8) is 0 Å². The van der Waals surface area contributed by atoms with Crippen molar-refractivity contribution in [1.82, 2.24) is 15.3 Å². The number of ether oxygens (including phenoxy) is 1. The fourth-order valence-corrected chi connectivity index (χ4v) is 3.15. The highest BCUT2D eigenvalue weighted by Gasteiger charge is 2.40. The lowest BCUT2D eigenvalue weighted by Crippen LogP contribution is -2.28. The van der Waals surface area contributed by atoms with Crippen molar-refractivity contribution in [1.29, 1.82) is 0 Å².